The highest BCUT2D eigenvalue weighted by molar-refractivity contribution is 5.97. The summed E-state index contributed by atoms with van der Waals surface area (Å²) >= 11 is 0. The summed E-state index contributed by atoms with van der Waals surface area (Å²) in [7, 11) is 4.97. The molecular weight excluding hydrogens is 427 g/mol. The van der Waals surface area contributed by atoms with Crippen molar-refractivity contribution in [2.75, 3.05) is 20.7 Å². The monoisotopic (exact) mass is 454 g/mol. The van der Waals surface area contributed by atoms with E-state index in [-0.39, 0.29) is 23.0 Å². The van der Waals surface area contributed by atoms with E-state index in [4.69, 9.17) is 4.74 Å². The van der Waals surface area contributed by atoms with Gasteiger partial charge >= 0.3 is 0 Å². The molecule has 0 spiro atoms. The Labute approximate surface area is 191 Å². The van der Waals surface area contributed by atoms with E-state index in [0.29, 0.717) is 12.3 Å². The standard InChI is InChI=1S/C24H27FN4O4/c1-27(24(30)21-16-20(29(31)32)12-13-23(21)33-3)14-6-4-5-7-19-15-22(28(2)26-19)17-8-10-18(25)11-9-17/h8-13,15-16H,4-7,14H2,1-3H3. The molecule has 0 atom stereocenters. The van der Waals surface area contributed by atoms with Crippen LogP contribution in [0.2, 0.25) is 0 Å². The van der Waals surface area contributed by atoms with Crippen molar-refractivity contribution in [3.05, 3.63) is 75.7 Å². The molecule has 0 radical (unpaired) electrons. The number of amides is 1. The molecule has 0 saturated carbocycles. The van der Waals surface area contributed by atoms with Crippen LogP contribution in [0, 0.1) is 15.9 Å². The van der Waals surface area contributed by atoms with Gasteiger partial charge in [0.15, 0.2) is 0 Å². The van der Waals surface area contributed by atoms with Crippen LogP contribution in [-0.4, -0.2) is 46.2 Å². The van der Waals surface area contributed by atoms with E-state index < -0.39 is 4.92 Å². The van der Waals surface area contributed by atoms with Crippen LogP contribution in [0.5, 0.6) is 5.75 Å². The first-order valence-electron chi connectivity index (χ1n) is 10.7. The van der Waals surface area contributed by atoms with E-state index in [1.807, 2.05) is 13.1 Å². The Bertz CT molecular complexity index is 1130. The number of hydrogen-bond donors (Lipinski definition) is 0. The summed E-state index contributed by atoms with van der Waals surface area (Å²) in [5, 5.41) is 15.6. The predicted octanol–water partition coefficient (Wildman–Crippen LogP) is 4.63. The Morgan fingerprint density at radius 3 is 2.55 bits per heavy atom. The number of nitro benzene ring substituents is 1. The first-order valence-corrected chi connectivity index (χ1v) is 10.7. The SMILES string of the molecule is COc1ccc([N+](=O)[O-])cc1C(=O)N(C)CCCCCc1cc(-c2ccc(F)cc2)n(C)n1. The highest BCUT2D eigenvalue weighted by Gasteiger charge is 2.20. The fourth-order valence-electron chi connectivity index (χ4n) is 3.66. The number of aryl methyl sites for hydroxylation is 2. The molecule has 0 unspecified atom stereocenters. The molecule has 9 heteroatoms. The van der Waals surface area contributed by atoms with Gasteiger partial charge < -0.3 is 9.64 Å². The number of ether oxygens (including phenoxy) is 1. The highest BCUT2D eigenvalue weighted by atomic mass is 19.1. The Morgan fingerprint density at radius 1 is 1.15 bits per heavy atom. The average Bonchev–Trinajstić information content (AvgIpc) is 3.18. The molecule has 3 rings (SSSR count). The molecule has 0 bridgehead atoms. The predicted molar refractivity (Wildman–Crippen MR) is 123 cm³/mol. The number of hydrogen-bond acceptors (Lipinski definition) is 5. The first-order chi connectivity index (χ1) is 15.8. The molecule has 0 fully saturated rings. The fraction of sp³-hybridized carbons (Fsp3) is 0.333. The van der Waals surface area contributed by atoms with Crippen LogP contribution in [-0.2, 0) is 13.5 Å². The van der Waals surface area contributed by atoms with Crippen molar-refractivity contribution in [2.45, 2.75) is 25.7 Å². The van der Waals surface area contributed by atoms with Gasteiger partial charge in [-0.25, -0.2) is 4.39 Å². The first kappa shape index (κ1) is 23.9. The molecule has 0 N–H and O–H groups in total. The maximum absolute atomic E-state index is 13.2. The molecule has 1 aromatic heterocycles. The number of carbonyl (C=O) groups excluding carboxylic acids is 1. The molecule has 0 aliphatic heterocycles. The normalized spacial score (nSPS) is 10.8. The van der Waals surface area contributed by atoms with Crippen molar-refractivity contribution >= 4 is 11.6 Å². The number of non-ortho nitro benzene ring substituents is 1. The molecular formula is C24H27FN4O4. The average molecular weight is 455 g/mol. The Hall–Kier alpha value is -3.75. The number of nitro groups is 1. The molecule has 0 aliphatic rings. The van der Waals surface area contributed by atoms with Crippen LogP contribution in [0.4, 0.5) is 10.1 Å². The minimum absolute atomic E-state index is 0.150. The minimum atomic E-state index is -0.532. The minimum Gasteiger partial charge on any atom is -0.496 e. The second kappa shape index (κ2) is 10.7. The van der Waals surface area contributed by atoms with E-state index in [1.165, 1.54) is 37.4 Å². The zero-order valence-electron chi connectivity index (χ0n) is 19.0. The lowest BCUT2D eigenvalue weighted by Crippen LogP contribution is -2.28. The van der Waals surface area contributed by atoms with Crippen molar-refractivity contribution in [2.24, 2.45) is 7.05 Å². The van der Waals surface area contributed by atoms with E-state index in [9.17, 15) is 19.3 Å². The molecule has 2 aromatic carbocycles. The van der Waals surface area contributed by atoms with Gasteiger partial charge in [-0.3, -0.25) is 19.6 Å². The summed E-state index contributed by atoms with van der Waals surface area (Å²) < 4.78 is 20.1. The maximum atomic E-state index is 13.2. The van der Waals surface area contributed by atoms with Crippen molar-refractivity contribution in [3.63, 3.8) is 0 Å². The highest BCUT2D eigenvalue weighted by Crippen LogP contribution is 2.25. The number of benzene rings is 2. The lowest BCUT2D eigenvalue weighted by atomic mass is 10.1. The van der Waals surface area contributed by atoms with Gasteiger partial charge in [0, 0.05) is 32.8 Å². The number of halogens is 1. The number of methoxy groups -OCH3 is 1. The number of unbranched alkanes of at least 4 members (excludes halogenated alkanes) is 2. The Kier molecular flexibility index (Phi) is 7.76. The molecule has 0 saturated heterocycles. The third-order valence-corrected chi connectivity index (χ3v) is 5.47. The summed E-state index contributed by atoms with van der Waals surface area (Å²) in [5.41, 5.74) is 2.83. The van der Waals surface area contributed by atoms with E-state index in [1.54, 1.807) is 28.8 Å². The number of nitrogens with zero attached hydrogens (tertiary/aromatic N) is 4. The summed E-state index contributed by atoms with van der Waals surface area (Å²) in [5.74, 6) is -0.276. The molecule has 174 valence electrons. The fourth-order valence-corrected chi connectivity index (χ4v) is 3.66. The van der Waals surface area contributed by atoms with Crippen LogP contribution >= 0.6 is 0 Å². The zero-order chi connectivity index (χ0) is 24.0. The van der Waals surface area contributed by atoms with Crippen LogP contribution in [0.15, 0.2) is 48.5 Å². The molecule has 8 nitrogen and oxygen atoms in total. The zero-order valence-corrected chi connectivity index (χ0v) is 19.0. The van der Waals surface area contributed by atoms with E-state index in [0.717, 1.165) is 42.6 Å². The summed E-state index contributed by atoms with van der Waals surface area (Å²) in [4.78, 5) is 24.8. The number of carbonyl (C=O) groups is 1. The lowest BCUT2D eigenvalue weighted by molar-refractivity contribution is -0.384. The second-order valence-electron chi connectivity index (χ2n) is 7.83. The Morgan fingerprint density at radius 2 is 1.88 bits per heavy atom. The third kappa shape index (κ3) is 5.94. The van der Waals surface area contributed by atoms with Gasteiger partial charge in [0.25, 0.3) is 11.6 Å². The molecule has 0 aliphatic carbocycles. The van der Waals surface area contributed by atoms with Crippen LogP contribution in [0.1, 0.15) is 35.3 Å². The molecule has 33 heavy (non-hydrogen) atoms. The topological polar surface area (TPSA) is 90.5 Å². The number of rotatable bonds is 10. The molecule has 3 aromatic rings. The molecule has 1 amide bonds. The van der Waals surface area contributed by atoms with Crippen molar-refractivity contribution < 1.29 is 18.8 Å². The second-order valence-corrected chi connectivity index (χ2v) is 7.83. The molecule has 1 heterocycles. The van der Waals surface area contributed by atoms with Gasteiger partial charge in [-0.1, -0.05) is 6.42 Å². The lowest BCUT2D eigenvalue weighted by Gasteiger charge is -2.18. The van der Waals surface area contributed by atoms with Gasteiger partial charge in [-0.2, -0.15) is 5.10 Å². The third-order valence-electron chi connectivity index (χ3n) is 5.47. The van der Waals surface area contributed by atoms with E-state index in [2.05, 4.69) is 5.10 Å². The quantitative estimate of drug-likeness (QED) is 0.253. The van der Waals surface area contributed by atoms with Gasteiger partial charge in [-0.05, 0) is 61.2 Å². The van der Waals surface area contributed by atoms with Crippen LogP contribution < -0.4 is 4.74 Å². The number of aromatic nitrogens is 2. The van der Waals surface area contributed by atoms with Crippen molar-refractivity contribution in [1.29, 1.82) is 0 Å². The van der Waals surface area contributed by atoms with Crippen molar-refractivity contribution in [3.8, 4) is 17.0 Å². The van der Waals surface area contributed by atoms with Crippen LogP contribution in [0.25, 0.3) is 11.3 Å². The summed E-state index contributed by atoms with van der Waals surface area (Å²) in [6.07, 6.45) is 3.39. The van der Waals surface area contributed by atoms with Crippen LogP contribution in [0.3, 0.4) is 0 Å². The van der Waals surface area contributed by atoms with E-state index >= 15 is 0 Å². The van der Waals surface area contributed by atoms with Crippen molar-refractivity contribution in [1.82, 2.24) is 14.7 Å². The summed E-state index contributed by atoms with van der Waals surface area (Å²) in [6.45, 7) is 0.522. The van der Waals surface area contributed by atoms with Gasteiger partial charge in [-0.15, -0.1) is 0 Å². The Balaban J connectivity index is 1.50. The smallest absolute Gasteiger partial charge is 0.270 e. The van der Waals surface area contributed by atoms with Gasteiger partial charge in [0.2, 0.25) is 0 Å². The maximum Gasteiger partial charge on any atom is 0.270 e. The summed E-state index contributed by atoms with van der Waals surface area (Å²) in [6, 6.07) is 12.3. The van der Waals surface area contributed by atoms with Gasteiger partial charge in [0.1, 0.15) is 11.6 Å². The largest absolute Gasteiger partial charge is 0.496 e. The van der Waals surface area contributed by atoms with Gasteiger partial charge in [0.05, 0.1) is 29.0 Å².